The van der Waals surface area contributed by atoms with E-state index in [4.69, 9.17) is 4.74 Å². The van der Waals surface area contributed by atoms with Crippen LogP contribution in [0.5, 0.6) is 0 Å². The molecule has 0 aromatic heterocycles. The molecule has 0 aliphatic heterocycles. The van der Waals surface area contributed by atoms with Crippen LogP contribution in [0.4, 0.5) is 0 Å². The zero-order valence-electron chi connectivity index (χ0n) is 15.5. The van der Waals surface area contributed by atoms with Gasteiger partial charge >= 0.3 is 0 Å². The lowest BCUT2D eigenvalue weighted by molar-refractivity contribution is 0.00229. The average molecular weight is 309 g/mol. The highest BCUT2D eigenvalue weighted by atomic mass is 16.5. The minimum absolute atomic E-state index is 0.585. The maximum absolute atomic E-state index is 6.09. The first-order valence-electron chi connectivity index (χ1n) is 10.3. The maximum Gasteiger partial charge on any atom is 0.0575 e. The quantitative estimate of drug-likeness (QED) is 0.451. The molecule has 2 saturated carbocycles. The third-order valence-electron chi connectivity index (χ3n) is 6.58. The SMILES string of the molecule is CCCCCOC1CCC(C2CCC(C)(CCC)CC2)CC1. The molecule has 0 N–H and O–H groups in total. The van der Waals surface area contributed by atoms with E-state index in [2.05, 4.69) is 20.8 Å². The first-order chi connectivity index (χ1) is 10.7. The summed E-state index contributed by atoms with van der Waals surface area (Å²) in [5, 5.41) is 0. The molecular formula is C21H40O. The van der Waals surface area contributed by atoms with Gasteiger partial charge in [-0.25, -0.2) is 0 Å². The van der Waals surface area contributed by atoms with Gasteiger partial charge in [0.25, 0.3) is 0 Å². The van der Waals surface area contributed by atoms with Gasteiger partial charge in [0.1, 0.15) is 0 Å². The van der Waals surface area contributed by atoms with E-state index < -0.39 is 0 Å². The van der Waals surface area contributed by atoms with E-state index in [0.717, 1.165) is 18.4 Å². The Labute approximate surface area is 139 Å². The van der Waals surface area contributed by atoms with Gasteiger partial charge in [-0.2, -0.15) is 0 Å². The Morgan fingerprint density at radius 3 is 2.05 bits per heavy atom. The van der Waals surface area contributed by atoms with Gasteiger partial charge in [0.05, 0.1) is 6.10 Å². The molecule has 0 bridgehead atoms. The van der Waals surface area contributed by atoms with E-state index in [0.29, 0.717) is 11.5 Å². The summed E-state index contributed by atoms with van der Waals surface area (Å²) in [5.74, 6) is 2.05. The zero-order valence-corrected chi connectivity index (χ0v) is 15.5. The van der Waals surface area contributed by atoms with Crippen LogP contribution in [-0.2, 0) is 4.74 Å². The van der Waals surface area contributed by atoms with Crippen LogP contribution in [0.2, 0.25) is 0 Å². The molecule has 1 nitrogen and oxygen atoms in total. The van der Waals surface area contributed by atoms with E-state index in [1.54, 1.807) is 0 Å². The largest absolute Gasteiger partial charge is 0.378 e. The topological polar surface area (TPSA) is 9.23 Å². The smallest absolute Gasteiger partial charge is 0.0575 e. The van der Waals surface area contributed by atoms with Gasteiger partial charge in [-0.05, 0) is 81.5 Å². The van der Waals surface area contributed by atoms with Crippen LogP contribution in [0.15, 0.2) is 0 Å². The van der Waals surface area contributed by atoms with Crippen molar-refractivity contribution in [3.63, 3.8) is 0 Å². The zero-order chi connectivity index (χ0) is 15.8. The Morgan fingerprint density at radius 2 is 1.45 bits per heavy atom. The van der Waals surface area contributed by atoms with E-state index in [-0.39, 0.29) is 0 Å². The lowest BCUT2D eigenvalue weighted by atomic mass is 9.64. The summed E-state index contributed by atoms with van der Waals surface area (Å²) >= 11 is 0. The van der Waals surface area contributed by atoms with Gasteiger partial charge in [-0.3, -0.25) is 0 Å². The molecule has 0 amide bonds. The summed E-state index contributed by atoms with van der Waals surface area (Å²) in [5.41, 5.74) is 0.671. The molecule has 22 heavy (non-hydrogen) atoms. The summed E-state index contributed by atoms with van der Waals surface area (Å²) in [7, 11) is 0. The van der Waals surface area contributed by atoms with E-state index in [1.165, 1.54) is 83.5 Å². The highest BCUT2D eigenvalue weighted by Crippen LogP contribution is 2.46. The van der Waals surface area contributed by atoms with Gasteiger partial charge in [0, 0.05) is 6.61 Å². The normalized spacial score (nSPS) is 36.4. The molecule has 1 heteroatoms. The third-order valence-corrected chi connectivity index (χ3v) is 6.58. The van der Waals surface area contributed by atoms with Crippen molar-refractivity contribution >= 4 is 0 Å². The Morgan fingerprint density at radius 1 is 0.818 bits per heavy atom. The first kappa shape index (κ1) is 18.3. The van der Waals surface area contributed by atoms with Crippen LogP contribution in [0.1, 0.15) is 104 Å². The van der Waals surface area contributed by atoms with Gasteiger partial charge in [0.15, 0.2) is 0 Å². The van der Waals surface area contributed by atoms with Gasteiger partial charge < -0.3 is 4.74 Å². The highest BCUT2D eigenvalue weighted by Gasteiger charge is 2.35. The molecule has 0 spiro atoms. The average Bonchev–Trinajstić information content (AvgIpc) is 2.53. The molecule has 0 saturated heterocycles. The summed E-state index contributed by atoms with van der Waals surface area (Å²) in [6, 6.07) is 0. The number of rotatable bonds is 8. The second-order valence-electron chi connectivity index (χ2n) is 8.51. The maximum atomic E-state index is 6.09. The van der Waals surface area contributed by atoms with Crippen LogP contribution in [0, 0.1) is 17.3 Å². The number of hydrogen-bond acceptors (Lipinski definition) is 1. The van der Waals surface area contributed by atoms with E-state index >= 15 is 0 Å². The summed E-state index contributed by atoms with van der Waals surface area (Å²) < 4.78 is 6.09. The number of ether oxygens (including phenoxy) is 1. The van der Waals surface area contributed by atoms with Crippen molar-refractivity contribution < 1.29 is 4.74 Å². The van der Waals surface area contributed by atoms with Crippen LogP contribution in [0.3, 0.4) is 0 Å². The predicted octanol–water partition coefficient (Wildman–Crippen LogP) is 6.75. The molecule has 2 rings (SSSR count). The fourth-order valence-corrected chi connectivity index (χ4v) is 4.99. The lowest BCUT2D eigenvalue weighted by Crippen LogP contribution is -2.31. The fraction of sp³-hybridized carbons (Fsp3) is 1.00. The predicted molar refractivity (Wildman–Crippen MR) is 96.2 cm³/mol. The molecule has 2 fully saturated rings. The van der Waals surface area contributed by atoms with Crippen LogP contribution < -0.4 is 0 Å². The minimum atomic E-state index is 0.585. The number of hydrogen-bond donors (Lipinski definition) is 0. The second-order valence-corrected chi connectivity index (χ2v) is 8.51. The number of unbranched alkanes of at least 4 members (excludes halogenated alkanes) is 2. The summed E-state index contributed by atoms with van der Waals surface area (Å²) in [6.07, 6.45) is 18.8. The van der Waals surface area contributed by atoms with Crippen LogP contribution in [0.25, 0.3) is 0 Å². The van der Waals surface area contributed by atoms with Crippen molar-refractivity contribution in [3.05, 3.63) is 0 Å². The molecule has 130 valence electrons. The van der Waals surface area contributed by atoms with Gasteiger partial charge in [-0.1, -0.05) is 40.0 Å². The Hall–Kier alpha value is -0.0400. The standard InChI is InChI=1S/C21H40O/c1-4-6-7-17-22-20-10-8-18(9-11-20)19-12-15-21(3,14-5-2)16-13-19/h18-20H,4-17H2,1-3H3. The molecule has 0 aromatic carbocycles. The van der Waals surface area contributed by atoms with Crippen LogP contribution >= 0.6 is 0 Å². The monoisotopic (exact) mass is 308 g/mol. The molecule has 0 atom stereocenters. The molecule has 0 radical (unpaired) electrons. The Kier molecular flexibility index (Phi) is 7.74. The molecular weight excluding hydrogens is 268 g/mol. The highest BCUT2D eigenvalue weighted by molar-refractivity contribution is 4.86. The lowest BCUT2D eigenvalue weighted by Gasteiger charge is -2.42. The van der Waals surface area contributed by atoms with Gasteiger partial charge in [-0.15, -0.1) is 0 Å². The van der Waals surface area contributed by atoms with E-state index in [1.807, 2.05) is 0 Å². The van der Waals surface area contributed by atoms with Crippen molar-refractivity contribution in [3.8, 4) is 0 Å². The fourth-order valence-electron chi connectivity index (χ4n) is 4.99. The molecule has 0 aromatic rings. The van der Waals surface area contributed by atoms with Crippen LogP contribution in [-0.4, -0.2) is 12.7 Å². The van der Waals surface area contributed by atoms with Crippen molar-refractivity contribution in [2.45, 2.75) is 110 Å². The molecule has 2 aliphatic carbocycles. The molecule has 0 heterocycles. The van der Waals surface area contributed by atoms with Gasteiger partial charge in [0.2, 0.25) is 0 Å². The first-order valence-corrected chi connectivity index (χ1v) is 10.3. The van der Waals surface area contributed by atoms with Crippen molar-refractivity contribution in [1.82, 2.24) is 0 Å². The minimum Gasteiger partial charge on any atom is -0.378 e. The second kappa shape index (κ2) is 9.30. The summed E-state index contributed by atoms with van der Waals surface area (Å²) in [4.78, 5) is 0. The summed E-state index contributed by atoms with van der Waals surface area (Å²) in [6.45, 7) is 8.15. The van der Waals surface area contributed by atoms with Crippen molar-refractivity contribution in [1.29, 1.82) is 0 Å². The Bertz CT molecular complexity index is 282. The van der Waals surface area contributed by atoms with Crippen molar-refractivity contribution in [2.75, 3.05) is 6.61 Å². The van der Waals surface area contributed by atoms with E-state index in [9.17, 15) is 0 Å². The Balaban J connectivity index is 1.63. The van der Waals surface area contributed by atoms with Crippen molar-refractivity contribution in [2.24, 2.45) is 17.3 Å². The third kappa shape index (κ3) is 5.55. The molecule has 2 aliphatic rings. The molecule has 0 unspecified atom stereocenters.